The molecule has 0 saturated carbocycles. The topological polar surface area (TPSA) is 38.7 Å². The summed E-state index contributed by atoms with van der Waals surface area (Å²) in [6.07, 6.45) is 0. The summed E-state index contributed by atoms with van der Waals surface area (Å²) >= 11 is 1.39. The van der Waals surface area contributed by atoms with Crippen LogP contribution in [0.4, 0.5) is 0 Å². The zero-order valence-corrected chi connectivity index (χ0v) is 7.45. The van der Waals surface area contributed by atoms with Gasteiger partial charge in [-0.3, -0.25) is 0 Å². The molecule has 62 valence electrons. The van der Waals surface area contributed by atoms with Crippen molar-refractivity contribution < 1.29 is 0 Å². The average Bonchev–Trinajstić information content (AvgIpc) is 2.61. The van der Waals surface area contributed by atoms with Gasteiger partial charge in [0.25, 0.3) is 0 Å². The highest BCUT2D eigenvalue weighted by atomic mass is 32.1. The Morgan fingerprint density at radius 2 is 1.69 bits per heavy atom. The smallest absolute Gasteiger partial charge is 0.192 e. The second-order valence-corrected chi connectivity index (χ2v) is 3.36. The molecule has 0 unspecified atom stereocenters. The second-order valence-electron chi connectivity index (χ2n) is 2.74. The minimum absolute atomic E-state index is 0.740. The predicted molar refractivity (Wildman–Crippen MR) is 52.7 cm³/mol. The van der Waals surface area contributed by atoms with Gasteiger partial charge in [-0.25, -0.2) is 9.97 Å². The van der Waals surface area contributed by atoms with E-state index in [-0.39, 0.29) is 0 Å². The molecule has 13 heavy (non-hydrogen) atoms. The van der Waals surface area contributed by atoms with Crippen molar-refractivity contribution in [1.29, 1.82) is 0 Å². The summed E-state index contributed by atoms with van der Waals surface area (Å²) in [5.74, 6) is 0. The first-order valence-corrected chi connectivity index (χ1v) is 4.74. The van der Waals surface area contributed by atoms with E-state index in [2.05, 4.69) is 14.3 Å². The number of hydrogen-bond acceptors (Lipinski definition) is 4. The fourth-order valence-electron chi connectivity index (χ4n) is 1.28. The Morgan fingerprint density at radius 3 is 2.54 bits per heavy atom. The van der Waals surface area contributed by atoms with Crippen LogP contribution in [-0.2, 0) is 0 Å². The highest BCUT2D eigenvalue weighted by molar-refractivity contribution is 7.04. The van der Waals surface area contributed by atoms with E-state index < -0.39 is 0 Å². The summed E-state index contributed by atoms with van der Waals surface area (Å²) in [6, 6.07) is 7.82. The van der Waals surface area contributed by atoms with Crippen molar-refractivity contribution in [2.45, 2.75) is 0 Å². The average molecular weight is 187 g/mol. The lowest BCUT2D eigenvalue weighted by Crippen LogP contribution is -1.83. The number of para-hydroxylation sites is 2. The summed E-state index contributed by atoms with van der Waals surface area (Å²) in [5, 5.41) is 1.91. The molecule has 0 bridgehead atoms. The van der Waals surface area contributed by atoms with E-state index in [1.54, 1.807) is 0 Å². The van der Waals surface area contributed by atoms with Gasteiger partial charge in [-0.05, 0) is 23.7 Å². The van der Waals surface area contributed by atoms with Crippen molar-refractivity contribution >= 4 is 33.7 Å². The molecule has 1 aromatic carbocycles. The number of hydrogen-bond donors (Lipinski definition) is 0. The van der Waals surface area contributed by atoms with Crippen molar-refractivity contribution in [2.75, 3.05) is 0 Å². The van der Waals surface area contributed by atoms with Gasteiger partial charge in [0.05, 0.1) is 11.0 Å². The number of rotatable bonds is 0. The lowest BCUT2D eigenvalue weighted by atomic mass is 10.3. The van der Waals surface area contributed by atoms with Crippen molar-refractivity contribution in [2.24, 2.45) is 0 Å². The molecule has 4 heteroatoms. The number of fused-ring (bicyclic) bond motifs is 2. The molecule has 3 nitrogen and oxygen atoms in total. The molecule has 0 radical (unpaired) electrons. The van der Waals surface area contributed by atoms with Crippen LogP contribution in [-0.4, -0.2) is 14.3 Å². The summed E-state index contributed by atoms with van der Waals surface area (Å²) in [7, 11) is 0. The van der Waals surface area contributed by atoms with Crippen LogP contribution in [0.5, 0.6) is 0 Å². The Bertz CT molecular complexity index is 523. The van der Waals surface area contributed by atoms with Crippen LogP contribution in [0.1, 0.15) is 0 Å². The van der Waals surface area contributed by atoms with E-state index in [0.717, 1.165) is 22.2 Å². The zero-order valence-electron chi connectivity index (χ0n) is 6.64. The normalized spacial score (nSPS) is 11.1. The van der Waals surface area contributed by atoms with Crippen molar-refractivity contribution in [1.82, 2.24) is 14.3 Å². The second kappa shape index (κ2) is 2.47. The molecule has 0 N–H and O–H groups in total. The maximum Gasteiger partial charge on any atom is 0.192 e. The van der Waals surface area contributed by atoms with Crippen LogP contribution >= 0.6 is 11.5 Å². The van der Waals surface area contributed by atoms with E-state index >= 15 is 0 Å². The molecule has 0 aliphatic carbocycles. The van der Waals surface area contributed by atoms with Crippen LogP contribution in [0.2, 0.25) is 0 Å². The Labute approximate surface area is 78.2 Å². The Hall–Kier alpha value is -1.55. The van der Waals surface area contributed by atoms with Gasteiger partial charge >= 0.3 is 0 Å². The summed E-state index contributed by atoms with van der Waals surface area (Å²) in [5.41, 5.74) is 3.45. The monoisotopic (exact) mass is 187 g/mol. The highest BCUT2D eigenvalue weighted by Gasteiger charge is 2.01. The van der Waals surface area contributed by atoms with Crippen LogP contribution in [0.25, 0.3) is 22.2 Å². The molecular weight excluding hydrogens is 182 g/mol. The SMILES string of the molecule is c1ccc2nc3nscc3nc2c1. The third kappa shape index (κ3) is 0.990. The fourth-order valence-corrected chi connectivity index (χ4v) is 1.82. The molecular formula is C9H5N3S. The molecule has 3 rings (SSSR count). The quantitative estimate of drug-likeness (QED) is 0.541. The summed E-state index contributed by atoms with van der Waals surface area (Å²) in [6.45, 7) is 0. The highest BCUT2D eigenvalue weighted by Crippen LogP contribution is 2.15. The van der Waals surface area contributed by atoms with E-state index in [0.29, 0.717) is 0 Å². The maximum atomic E-state index is 4.42. The van der Waals surface area contributed by atoms with Crippen LogP contribution in [0.15, 0.2) is 29.6 Å². The standard InChI is InChI=1S/C9H5N3S/c1-2-4-7-6(3-1)10-8-5-13-12-9(8)11-7/h1-5H. The third-order valence-electron chi connectivity index (χ3n) is 1.88. The van der Waals surface area contributed by atoms with Crippen molar-refractivity contribution in [3.63, 3.8) is 0 Å². The molecule has 0 spiro atoms. The summed E-state index contributed by atoms with van der Waals surface area (Å²) in [4.78, 5) is 8.80. The first-order valence-electron chi connectivity index (χ1n) is 3.90. The van der Waals surface area contributed by atoms with Crippen molar-refractivity contribution in [3.8, 4) is 0 Å². The number of benzene rings is 1. The number of nitrogens with zero attached hydrogens (tertiary/aromatic N) is 3. The lowest BCUT2D eigenvalue weighted by Gasteiger charge is -1.93. The number of aromatic nitrogens is 3. The van der Waals surface area contributed by atoms with Gasteiger partial charge in [0, 0.05) is 5.38 Å². The largest absolute Gasteiger partial charge is 0.242 e. The van der Waals surface area contributed by atoms with E-state index in [1.807, 2.05) is 29.6 Å². The Balaban J connectivity index is 2.57. The molecule has 2 aromatic heterocycles. The van der Waals surface area contributed by atoms with Crippen molar-refractivity contribution in [3.05, 3.63) is 29.6 Å². The molecule has 0 aliphatic rings. The maximum absolute atomic E-state index is 4.42. The van der Waals surface area contributed by atoms with Gasteiger partial charge in [-0.15, -0.1) is 0 Å². The third-order valence-corrected chi connectivity index (χ3v) is 2.49. The molecule has 2 heterocycles. The lowest BCUT2D eigenvalue weighted by molar-refractivity contribution is 1.37. The van der Waals surface area contributed by atoms with Crippen LogP contribution < -0.4 is 0 Å². The minimum Gasteiger partial charge on any atom is -0.242 e. The Morgan fingerprint density at radius 1 is 0.923 bits per heavy atom. The van der Waals surface area contributed by atoms with Gasteiger partial charge in [0.2, 0.25) is 0 Å². The molecule has 0 aliphatic heterocycles. The zero-order chi connectivity index (χ0) is 8.67. The first kappa shape index (κ1) is 6.91. The van der Waals surface area contributed by atoms with E-state index in [9.17, 15) is 0 Å². The van der Waals surface area contributed by atoms with E-state index in [1.165, 1.54) is 11.5 Å². The van der Waals surface area contributed by atoms with E-state index in [4.69, 9.17) is 0 Å². The molecule has 0 fully saturated rings. The molecule has 0 amide bonds. The van der Waals surface area contributed by atoms with Gasteiger partial charge in [-0.2, -0.15) is 4.37 Å². The van der Waals surface area contributed by atoms with Gasteiger partial charge in [0.15, 0.2) is 5.65 Å². The molecule has 0 saturated heterocycles. The Kier molecular flexibility index (Phi) is 1.31. The molecule has 3 aromatic rings. The fraction of sp³-hybridized carbons (Fsp3) is 0. The van der Waals surface area contributed by atoms with Gasteiger partial charge in [-0.1, -0.05) is 12.1 Å². The molecule has 0 atom stereocenters. The minimum atomic E-state index is 0.740. The van der Waals surface area contributed by atoms with Crippen LogP contribution in [0, 0.1) is 0 Å². The predicted octanol–water partition coefficient (Wildman–Crippen LogP) is 2.24. The summed E-state index contributed by atoms with van der Waals surface area (Å²) < 4.78 is 4.14. The first-order chi connectivity index (χ1) is 6.43. The van der Waals surface area contributed by atoms with Gasteiger partial charge in [0.1, 0.15) is 5.52 Å². The van der Waals surface area contributed by atoms with Gasteiger partial charge < -0.3 is 0 Å². The van der Waals surface area contributed by atoms with Crippen LogP contribution in [0.3, 0.4) is 0 Å².